The van der Waals surface area contributed by atoms with E-state index in [2.05, 4.69) is 30.1 Å². The number of pyridine rings is 1. The van der Waals surface area contributed by atoms with Crippen molar-refractivity contribution < 1.29 is 19.1 Å². The van der Waals surface area contributed by atoms with Gasteiger partial charge in [0.1, 0.15) is 18.0 Å². The molecule has 0 bridgehead atoms. The van der Waals surface area contributed by atoms with E-state index in [0.29, 0.717) is 6.42 Å². The number of fused-ring (bicyclic) bond motifs is 3. The molecule has 5 atom stereocenters. The molecule has 0 N–H and O–H groups in total. The second-order valence-electron chi connectivity index (χ2n) is 8.75. The van der Waals surface area contributed by atoms with Crippen molar-refractivity contribution in [2.24, 2.45) is 11.3 Å². The average Bonchev–Trinajstić information content (AvgIpc) is 2.99. The fourth-order valence-corrected chi connectivity index (χ4v) is 5.73. The van der Waals surface area contributed by atoms with Crippen LogP contribution in [0, 0.1) is 11.3 Å². The smallest absolute Gasteiger partial charge is 0.302 e. The Morgan fingerprint density at radius 2 is 2.21 bits per heavy atom. The van der Waals surface area contributed by atoms with E-state index < -0.39 is 0 Å². The van der Waals surface area contributed by atoms with E-state index >= 15 is 0 Å². The van der Waals surface area contributed by atoms with Crippen LogP contribution in [0.3, 0.4) is 0 Å². The number of Topliss-reactive ketones (excluding diaryl/α,β-unsaturated/α-hetero) is 1. The minimum atomic E-state index is -0.265. The molecule has 5 heteroatoms. The Labute approximate surface area is 170 Å². The molecule has 5 nitrogen and oxygen atoms in total. The van der Waals surface area contributed by atoms with Crippen molar-refractivity contribution in [3.63, 3.8) is 0 Å². The van der Waals surface area contributed by atoms with E-state index in [9.17, 15) is 9.59 Å². The highest BCUT2D eigenvalue weighted by molar-refractivity contribution is 5.99. The van der Waals surface area contributed by atoms with Gasteiger partial charge in [0.2, 0.25) is 0 Å². The molecule has 1 aromatic heterocycles. The molecule has 1 saturated carbocycles. The van der Waals surface area contributed by atoms with Crippen LogP contribution in [0.15, 0.2) is 59.7 Å². The summed E-state index contributed by atoms with van der Waals surface area (Å²) in [5, 5.41) is 0. The van der Waals surface area contributed by atoms with Gasteiger partial charge in [0.05, 0.1) is 5.57 Å². The zero-order chi connectivity index (χ0) is 20.2. The molecule has 1 aromatic rings. The lowest BCUT2D eigenvalue weighted by Crippen LogP contribution is -2.41. The first-order valence-electron chi connectivity index (χ1n) is 10.4. The van der Waals surface area contributed by atoms with Crippen LogP contribution in [0.2, 0.25) is 0 Å². The maximum absolute atomic E-state index is 12.3. The summed E-state index contributed by atoms with van der Waals surface area (Å²) in [7, 11) is 0. The monoisotopic (exact) mass is 391 g/mol. The molecule has 0 saturated heterocycles. The number of carbonyl (C=O) groups is 2. The largest absolute Gasteiger partial charge is 0.489 e. The van der Waals surface area contributed by atoms with Crippen LogP contribution in [0.1, 0.15) is 51.0 Å². The van der Waals surface area contributed by atoms with Crippen LogP contribution >= 0.6 is 0 Å². The van der Waals surface area contributed by atoms with Gasteiger partial charge in [-0.3, -0.25) is 14.6 Å². The van der Waals surface area contributed by atoms with Crippen molar-refractivity contribution >= 4 is 11.8 Å². The van der Waals surface area contributed by atoms with Gasteiger partial charge >= 0.3 is 5.97 Å². The third kappa shape index (κ3) is 2.86. The first-order chi connectivity index (χ1) is 14.0. The van der Waals surface area contributed by atoms with Crippen LogP contribution < -0.4 is 0 Å². The van der Waals surface area contributed by atoms with Crippen molar-refractivity contribution in [2.45, 2.75) is 57.7 Å². The van der Waals surface area contributed by atoms with Gasteiger partial charge in [-0.15, -0.1) is 0 Å². The van der Waals surface area contributed by atoms with Crippen molar-refractivity contribution in [3.8, 4) is 0 Å². The Kier molecular flexibility index (Phi) is 4.23. The summed E-state index contributed by atoms with van der Waals surface area (Å²) >= 11 is 0. The second kappa shape index (κ2) is 6.68. The van der Waals surface area contributed by atoms with E-state index in [1.165, 1.54) is 6.92 Å². The lowest BCUT2D eigenvalue weighted by molar-refractivity contribution is -0.147. The average molecular weight is 391 g/mol. The summed E-state index contributed by atoms with van der Waals surface area (Å²) in [5.74, 6) is 0.908. The molecule has 4 aliphatic rings. The minimum Gasteiger partial charge on any atom is -0.489 e. The number of ketones is 1. The molecule has 150 valence electrons. The zero-order valence-electron chi connectivity index (χ0n) is 16.8. The maximum atomic E-state index is 12.3. The molecule has 5 rings (SSSR count). The molecule has 3 aliphatic carbocycles. The topological polar surface area (TPSA) is 65.5 Å². The summed E-state index contributed by atoms with van der Waals surface area (Å²) < 4.78 is 12.3. The normalized spacial score (nSPS) is 35.2. The Bertz CT molecular complexity index is 960. The number of carbonyl (C=O) groups excluding carboxylic acids is 2. The van der Waals surface area contributed by atoms with E-state index in [-0.39, 0.29) is 41.2 Å². The predicted molar refractivity (Wildman–Crippen MR) is 107 cm³/mol. The molecular weight excluding hydrogens is 366 g/mol. The number of hydrogen-bond acceptors (Lipinski definition) is 5. The molecule has 1 unspecified atom stereocenters. The SMILES string of the molecule is CC(=O)OC1C[C@H]2[C@@H]3OC4=C(C=C3C=C[C@]2(C)[C@H]1c1cccnc1)C(=O)CCC4. The van der Waals surface area contributed by atoms with Gasteiger partial charge in [-0.05, 0) is 36.1 Å². The van der Waals surface area contributed by atoms with Crippen LogP contribution in [-0.4, -0.2) is 28.9 Å². The Morgan fingerprint density at radius 3 is 2.97 bits per heavy atom. The van der Waals surface area contributed by atoms with Crippen molar-refractivity contribution in [1.82, 2.24) is 4.98 Å². The van der Waals surface area contributed by atoms with Gasteiger partial charge in [0, 0.05) is 49.4 Å². The first-order valence-corrected chi connectivity index (χ1v) is 10.4. The summed E-state index contributed by atoms with van der Waals surface area (Å²) in [5.41, 5.74) is 2.63. The predicted octanol–water partition coefficient (Wildman–Crippen LogP) is 4.03. The third-order valence-electron chi connectivity index (χ3n) is 7.01. The number of rotatable bonds is 2. The molecule has 2 heterocycles. The Hall–Kier alpha value is -2.69. The van der Waals surface area contributed by atoms with E-state index in [1.54, 1.807) is 6.20 Å². The van der Waals surface area contributed by atoms with Gasteiger partial charge in [-0.2, -0.15) is 0 Å². The van der Waals surface area contributed by atoms with E-state index in [0.717, 1.165) is 41.7 Å². The molecule has 0 spiro atoms. The van der Waals surface area contributed by atoms with Gasteiger partial charge in [0.25, 0.3) is 0 Å². The molecule has 29 heavy (non-hydrogen) atoms. The summed E-state index contributed by atoms with van der Waals surface area (Å²) in [6, 6.07) is 3.99. The van der Waals surface area contributed by atoms with Gasteiger partial charge in [-0.25, -0.2) is 0 Å². The van der Waals surface area contributed by atoms with Crippen molar-refractivity contribution in [2.75, 3.05) is 0 Å². The summed E-state index contributed by atoms with van der Waals surface area (Å²) in [6.45, 7) is 3.69. The van der Waals surface area contributed by atoms with Gasteiger partial charge in [0.15, 0.2) is 5.78 Å². The van der Waals surface area contributed by atoms with Crippen molar-refractivity contribution in [1.29, 1.82) is 0 Å². The van der Waals surface area contributed by atoms with Gasteiger partial charge in [-0.1, -0.05) is 25.1 Å². The Morgan fingerprint density at radius 1 is 1.34 bits per heavy atom. The number of aromatic nitrogens is 1. The summed E-state index contributed by atoms with van der Waals surface area (Å²) in [4.78, 5) is 28.5. The molecule has 0 amide bonds. The number of esters is 1. The molecule has 0 radical (unpaired) electrons. The zero-order valence-corrected chi connectivity index (χ0v) is 16.8. The first kappa shape index (κ1) is 18.3. The van der Waals surface area contributed by atoms with Gasteiger partial charge < -0.3 is 9.47 Å². The number of ether oxygens (including phenoxy) is 2. The van der Waals surface area contributed by atoms with Crippen LogP contribution in [0.25, 0.3) is 0 Å². The lowest BCUT2D eigenvalue weighted by Gasteiger charge is -2.44. The fourth-order valence-electron chi connectivity index (χ4n) is 5.73. The van der Waals surface area contributed by atoms with E-state index in [1.807, 2.05) is 18.3 Å². The third-order valence-corrected chi connectivity index (χ3v) is 7.01. The highest BCUT2D eigenvalue weighted by atomic mass is 16.5. The lowest BCUT2D eigenvalue weighted by atomic mass is 9.65. The number of allylic oxidation sites excluding steroid dienone is 4. The van der Waals surface area contributed by atoms with Crippen LogP contribution in [0.5, 0.6) is 0 Å². The van der Waals surface area contributed by atoms with Crippen LogP contribution in [-0.2, 0) is 19.1 Å². The summed E-state index contributed by atoms with van der Waals surface area (Å²) in [6.07, 6.45) is 12.6. The van der Waals surface area contributed by atoms with Crippen LogP contribution in [0.4, 0.5) is 0 Å². The molecule has 0 aromatic carbocycles. The highest BCUT2D eigenvalue weighted by Crippen LogP contribution is 2.60. The quantitative estimate of drug-likeness (QED) is 0.713. The second-order valence-corrected chi connectivity index (χ2v) is 8.75. The Balaban J connectivity index is 1.56. The maximum Gasteiger partial charge on any atom is 0.302 e. The fraction of sp³-hybridized carbons (Fsp3) is 0.458. The minimum absolute atomic E-state index is 0.00913. The standard InChI is InChI=1S/C24H25NO4/c1-14(26)28-21-12-18-23-15(11-17-19(27)6-3-7-20(17)29-23)8-9-24(18,2)22(21)16-5-4-10-25-13-16/h4-5,8-11,13,18,21-23H,3,6-7,12H2,1-2H3/t18-,21?,22-,23+,24-/m0/s1. The number of nitrogens with zero attached hydrogens (tertiary/aromatic N) is 1. The number of hydrogen-bond donors (Lipinski definition) is 0. The molecule has 1 aliphatic heterocycles. The molecule has 1 fully saturated rings. The highest BCUT2D eigenvalue weighted by Gasteiger charge is 2.58. The van der Waals surface area contributed by atoms with E-state index in [4.69, 9.17) is 9.47 Å². The van der Waals surface area contributed by atoms with Crippen molar-refractivity contribution in [3.05, 3.63) is 65.2 Å². The molecular formula is C24H25NO4.